The van der Waals surface area contributed by atoms with Gasteiger partial charge < -0.3 is 92.7 Å². The number of carbonyl (C=O) groups excluding carboxylic acids is 6. The minimum atomic E-state index is -2.23. The maximum atomic E-state index is 16.0. The van der Waals surface area contributed by atoms with Crippen molar-refractivity contribution in [2.24, 2.45) is 5.73 Å². The number of nitrogens with zero attached hydrogens (tertiary/aromatic N) is 2. The summed E-state index contributed by atoms with van der Waals surface area (Å²) in [5, 5.41) is 110. The van der Waals surface area contributed by atoms with E-state index in [0.717, 1.165) is 60.2 Å². The molecule has 7 heterocycles. The molecule has 8 aromatic carbocycles. The predicted molar refractivity (Wildman–Crippen MR) is 357 cm³/mol. The third kappa shape index (κ3) is 13.7. The zero-order valence-corrected chi connectivity index (χ0v) is 54.3. The quantitative estimate of drug-likeness (QED) is 0.0828. The fourth-order valence-corrected chi connectivity index (χ4v) is 13.2. The summed E-state index contributed by atoms with van der Waals surface area (Å²) in [4.78, 5) is 109. The van der Waals surface area contributed by atoms with Crippen LogP contribution in [-0.2, 0) is 53.1 Å². The number of phenolic OH excluding ortho intramolecular Hbond substituents is 6. The second-order valence-corrected chi connectivity index (χ2v) is 25.8. The average Bonchev–Trinajstić information content (AvgIpc) is 0.771. The number of ether oxygens (including phenoxy) is 3. The molecule has 6 amide bonds. The second-order valence-electron chi connectivity index (χ2n) is 24.5. The molecule has 8 aromatic rings. The standard InChI is InChI=1S/C70H60Cl3N9O18/c71-37-7-1-30(2-8-37)28-81-13-15-82(16-14-81)29-42-48(86)27-41-54(62(42)88)40-21-33(5-9-46(40)84)56-66(92)80-60(69(95)79-59(41)70(96)97)61(87)34-6-12-50(44(73)22-34)100-53-25-36-24-52(63(53)89)99-49-11-3-31(17-43(49)72)18-45-64(90)76-57(67(93)78-58(36)68(94)77-56)35-19-38(83)26-39(20-35)98-51-23-32(4-10-47(51)85)55(74)65(91)75-45/h1-12,17,19-27,45,55-61,83-89H,13-16,18,28-29,74H2,(H,75,91)(H,76,90)(H,77,94)(H,78,93)(H,79,95)(H,80,92)(H,96,97)/t45-,55-,56-,57-,58-,59-,60-,61?/m0/s1. The number of hydrogen-bond acceptors (Lipinski definition) is 20. The number of carbonyl (C=O) groups is 7. The van der Waals surface area contributed by atoms with E-state index in [4.69, 9.17) is 54.7 Å². The van der Waals surface area contributed by atoms with Crippen LogP contribution in [-0.4, -0.2) is 130 Å². The van der Waals surface area contributed by atoms with Crippen molar-refractivity contribution in [3.8, 4) is 80.1 Å². The van der Waals surface area contributed by atoms with Gasteiger partial charge >= 0.3 is 5.97 Å². The molecular formula is C70H60Cl3N9O18. The van der Waals surface area contributed by atoms with Crippen LogP contribution in [0, 0.1) is 0 Å². The number of fused-ring (bicyclic) bond motifs is 14. The zero-order valence-electron chi connectivity index (χ0n) is 52.0. The fraction of sp³-hybridized carbons (Fsp3) is 0.214. The number of piperazine rings is 1. The number of nitrogens with two attached hydrogens (primary N) is 1. The smallest absolute Gasteiger partial charge is 0.330 e. The first-order valence-corrected chi connectivity index (χ1v) is 32.2. The van der Waals surface area contributed by atoms with E-state index in [1.54, 1.807) is 12.1 Å². The van der Waals surface area contributed by atoms with Crippen molar-refractivity contribution in [2.45, 2.75) is 67.9 Å². The van der Waals surface area contributed by atoms with E-state index in [1.165, 1.54) is 54.6 Å². The number of aliphatic hydroxyl groups is 1. The van der Waals surface area contributed by atoms with Gasteiger partial charge in [-0.3, -0.25) is 38.6 Å². The molecule has 1 saturated heterocycles. The highest BCUT2D eigenvalue weighted by Crippen LogP contribution is 2.50. The number of benzene rings is 8. The van der Waals surface area contributed by atoms with Crippen molar-refractivity contribution in [2.75, 3.05) is 26.2 Å². The third-order valence-corrected chi connectivity index (χ3v) is 18.7. The predicted octanol–water partition coefficient (Wildman–Crippen LogP) is 6.96. The Morgan fingerprint density at radius 1 is 0.500 bits per heavy atom. The van der Waals surface area contributed by atoms with Crippen LogP contribution in [0.15, 0.2) is 133 Å². The van der Waals surface area contributed by atoms with Crippen molar-refractivity contribution in [3.63, 3.8) is 0 Å². The van der Waals surface area contributed by atoms with Crippen LogP contribution in [0.1, 0.15) is 86.4 Å². The Morgan fingerprint density at radius 3 is 1.74 bits per heavy atom. The SMILES string of the molecule is N[C@@H]1C(=O)N[C@H]2Cc3ccc(c(Cl)c3)Oc3cc4cc(c3O)Oc3ccc(cc3Cl)C(O)[C@@H]3NC(=O)[C@@H](NC(=O)[C@H]4NC(=O)[C@@H](NC2=O)c2cc(O)cc(c2)Oc2cc1ccc2O)c1ccc(O)c(c1)-c1c(cc(O)c(CN2CCN(Cc4ccc(Cl)cc4)CC2)c1O)[C@@H](C(=O)O)NC3=O. The first-order valence-electron chi connectivity index (χ1n) is 31.0. The summed E-state index contributed by atoms with van der Waals surface area (Å²) in [7, 11) is 0. The number of amides is 6. The first-order chi connectivity index (χ1) is 47.8. The number of rotatable bonds is 5. The van der Waals surface area contributed by atoms with Crippen LogP contribution in [0.4, 0.5) is 0 Å². The summed E-state index contributed by atoms with van der Waals surface area (Å²) in [5.74, 6) is -14.8. The maximum Gasteiger partial charge on any atom is 0.330 e. The number of phenols is 6. The molecule has 17 bridgehead atoms. The Balaban J connectivity index is 0.975. The molecule has 0 aliphatic carbocycles. The van der Waals surface area contributed by atoms with Gasteiger partial charge in [-0.1, -0.05) is 71.2 Å². The molecule has 15 rings (SSSR count). The van der Waals surface area contributed by atoms with E-state index in [-0.39, 0.29) is 79.4 Å². The molecule has 0 saturated carbocycles. The summed E-state index contributed by atoms with van der Waals surface area (Å²) in [6, 6.07) is 14.9. The minimum absolute atomic E-state index is 0.117. The van der Waals surface area contributed by atoms with Gasteiger partial charge in [-0.15, -0.1) is 0 Å². The molecule has 0 radical (unpaired) electrons. The van der Waals surface area contributed by atoms with Gasteiger partial charge in [0.15, 0.2) is 29.0 Å². The number of hydrogen-bond donors (Lipinski definition) is 15. The number of carboxylic acid groups (broad SMARTS) is 1. The van der Waals surface area contributed by atoms with E-state index >= 15 is 24.0 Å². The summed E-state index contributed by atoms with van der Waals surface area (Å²) < 4.78 is 18.6. The Morgan fingerprint density at radius 2 is 1.08 bits per heavy atom. The average molecular weight is 1420 g/mol. The number of nitrogens with one attached hydrogen (secondary N) is 6. The lowest BCUT2D eigenvalue weighted by molar-refractivity contribution is -0.143. The Hall–Kier alpha value is -11.0. The van der Waals surface area contributed by atoms with Gasteiger partial charge in [-0.05, 0) is 130 Å². The van der Waals surface area contributed by atoms with Crippen molar-refractivity contribution < 1.29 is 88.6 Å². The normalized spacial score (nSPS) is 21.8. The summed E-state index contributed by atoms with van der Waals surface area (Å²) >= 11 is 20.0. The molecular weight excluding hydrogens is 1360 g/mol. The van der Waals surface area contributed by atoms with Gasteiger partial charge in [0.1, 0.15) is 82.6 Å². The summed E-state index contributed by atoms with van der Waals surface area (Å²) in [6.07, 6.45) is -2.51. The molecule has 7 aliphatic rings. The molecule has 16 N–H and O–H groups in total. The van der Waals surface area contributed by atoms with Crippen LogP contribution in [0.3, 0.4) is 0 Å². The van der Waals surface area contributed by atoms with Crippen molar-refractivity contribution >= 4 is 76.2 Å². The van der Waals surface area contributed by atoms with Crippen LogP contribution in [0.2, 0.25) is 15.1 Å². The van der Waals surface area contributed by atoms with Gasteiger partial charge in [0.25, 0.3) is 0 Å². The second kappa shape index (κ2) is 27.3. The molecule has 30 heteroatoms. The molecule has 1 fully saturated rings. The highest BCUT2D eigenvalue weighted by molar-refractivity contribution is 6.32. The Kier molecular flexibility index (Phi) is 18.5. The maximum absolute atomic E-state index is 16.0. The van der Waals surface area contributed by atoms with Gasteiger partial charge in [0, 0.05) is 73.5 Å². The molecule has 27 nitrogen and oxygen atoms in total. The number of aromatic hydroxyl groups is 6. The lowest BCUT2D eigenvalue weighted by atomic mass is 9.88. The molecule has 1 unspecified atom stereocenters. The van der Waals surface area contributed by atoms with Gasteiger partial charge in [-0.2, -0.15) is 0 Å². The minimum Gasteiger partial charge on any atom is -0.508 e. The Labute approximate surface area is 582 Å². The molecule has 8 atom stereocenters. The van der Waals surface area contributed by atoms with Gasteiger partial charge in [-0.25, -0.2) is 4.79 Å². The monoisotopic (exact) mass is 1420 g/mol. The van der Waals surface area contributed by atoms with Gasteiger partial charge in [0.2, 0.25) is 41.2 Å². The van der Waals surface area contributed by atoms with E-state index in [9.17, 15) is 50.4 Å². The van der Waals surface area contributed by atoms with Crippen LogP contribution < -0.4 is 51.8 Å². The highest BCUT2D eigenvalue weighted by Gasteiger charge is 2.42. The molecule has 0 spiro atoms. The van der Waals surface area contributed by atoms with Crippen LogP contribution in [0.25, 0.3) is 11.1 Å². The lowest BCUT2D eigenvalue weighted by Gasteiger charge is -2.35. The van der Waals surface area contributed by atoms with E-state index in [0.29, 0.717) is 43.3 Å². The van der Waals surface area contributed by atoms with Crippen LogP contribution >= 0.6 is 34.8 Å². The fourth-order valence-electron chi connectivity index (χ4n) is 12.6. The van der Waals surface area contributed by atoms with Crippen molar-refractivity contribution in [1.82, 2.24) is 41.7 Å². The number of aliphatic hydroxyl groups excluding tert-OH is 1. The summed E-state index contributed by atoms with van der Waals surface area (Å²) in [5.41, 5.74) is 5.36. The number of carboxylic acids is 1. The van der Waals surface area contributed by atoms with E-state index in [1.807, 2.05) is 17.0 Å². The third-order valence-electron chi connectivity index (χ3n) is 17.9. The molecule has 514 valence electrons. The molecule has 100 heavy (non-hydrogen) atoms. The van der Waals surface area contributed by atoms with Crippen molar-refractivity contribution in [3.05, 3.63) is 199 Å². The molecule has 7 aliphatic heterocycles. The van der Waals surface area contributed by atoms with Crippen LogP contribution in [0.5, 0.6) is 69.0 Å². The number of halogens is 3. The highest BCUT2D eigenvalue weighted by atomic mass is 35.5. The first kappa shape index (κ1) is 67.5. The molecule has 0 aromatic heterocycles. The lowest BCUT2D eigenvalue weighted by Crippen LogP contribution is -2.55. The van der Waals surface area contributed by atoms with E-state index in [2.05, 4.69) is 36.8 Å². The number of aliphatic carboxylic acids is 1. The summed E-state index contributed by atoms with van der Waals surface area (Å²) in [6.45, 7) is 2.37. The largest absolute Gasteiger partial charge is 0.508 e. The van der Waals surface area contributed by atoms with E-state index < -0.39 is 152 Å². The topological polar surface area (TPSA) is 414 Å². The van der Waals surface area contributed by atoms with Crippen molar-refractivity contribution in [1.29, 1.82) is 0 Å². The Bertz CT molecular complexity index is 4710. The zero-order chi connectivity index (χ0) is 70.7. The van der Waals surface area contributed by atoms with Gasteiger partial charge in [0.05, 0.1) is 15.6 Å².